The SMILES string of the molecule is CC/C=C/C(C)=S(C)C. The fraction of sp³-hybridized carbons (Fsp3) is 0.625. The summed E-state index contributed by atoms with van der Waals surface area (Å²) >= 11 is 0. The first-order chi connectivity index (χ1) is 4.18. The summed E-state index contributed by atoms with van der Waals surface area (Å²) in [6.07, 6.45) is 10.1. The summed E-state index contributed by atoms with van der Waals surface area (Å²) < 4.78 is 0. The zero-order valence-electron chi connectivity index (χ0n) is 6.77. The van der Waals surface area contributed by atoms with Gasteiger partial charge in [-0.2, -0.15) is 10.5 Å². The molecule has 9 heavy (non-hydrogen) atoms. The zero-order valence-corrected chi connectivity index (χ0v) is 7.59. The van der Waals surface area contributed by atoms with Crippen molar-refractivity contribution in [2.45, 2.75) is 20.3 Å². The fourth-order valence-corrected chi connectivity index (χ4v) is 0.788. The quantitative estimate of drug-likeness (QED) is 0.413. The number of hydrogen-bond acceptors (Lipinski definition) is 0. The normalized spacial score (nSPS) is 11.2. The molecule has 0 unspecified atom stereocenters. The van der Waals surface area contributed by atoms with E-state index in [0.717, 1.165) is 6.42 Å². The number of allylic oxidation sites excluding steroid dienone is 2. The van der Waals surface area contributed by atoms with E-state index in [4.69, 9.17) is 0 Å². The summed E-state index contributed by atoms with van der Waals surface area (Å²) in [5, 5.41) is 0. The summed E-state index contributed by atoms with van der Waals surface area (Å²) in [4.78, 5) is 1.50. The highest BCUT2D eigenvalue weighted by Crippen LogP contribution is 2.02. The highest BCUT2D eigenvalue weighted by molar-refractivity contribution is 8.15. The third-order valence-corrected chi connectivity index (χ3v) is 2.66. The molecule has 0 fully saturated rings. The van der Waals surface area contributed by atoms with Gasteiger partial charge < -0.3 is 0 Å². The summed E-state index contributed by atoms with van der Waals surface area (Å²) in [6, 6.07) is 0. The van der Waals surface area contributed by atoms with E-state index in [-0.39, 0.29) is 0 Å². The summed E-state index contributed by atoms with van der Waals surface area (Å²) in [5.74, 6) is 0. The molecule has 0 aromatic rings. The molecule has 0 radical (unpaired) electrons. The second-order valence-corrected chi connectivity index (χ2v) is 4.51. The van der Waals surface area contributed by atoms with Gasteiger partial charge in [0.2, 0.25) is 0 Å². The second kappa shape index (κ2) is 4.80. The third-order valence-electron chi connectivity index (χ3n) is 1.23. The molecule has 0 nitrogen and oxygen atoms in total. The van der Waals surface area contributed by atoms with E-state index in [9.17, 15) is 0 Å². The van der Waals surface area contributed by atoms with Crippen molar-refractivity contribution in [3.8, 4) is 0 Å². The standard InChI is InChI=1S/C8H16S/c1-5-6-7-8(2)9(3)4/h6-7H,5H2,1-4H3/b7-6+. The Morgan fingerprint density at radius 3 is 2.33 bits per heavy atom. The average Bonchev–Trinajstić information content (AvgIpc) is 1.82. The van der Waals surface area contributed by atoms with Crippen molar-refractivity contribution in [2.75, 3.05) is 12.5 Å². The first-order valence-electron chi connectivity index (χ1n) is 3.26. The number of rotatable bonds is 2. The Morgan fingerprint density at radius 2 is 2.00 bits per heavy atom. The van der Waals surface area contributed by atoms with E-state index in [2.05, 4.69) is 38.5 Å². The van der Waals surface area contributed by atoms with Crippen molar-refractivity contribution >= 4 is 15.3 Å². The van der Waals surface area contributed by atoms with Gasteiger partial charge in [0.25, 0.3) is 0 Å². The van der Waals surface area contributed by atoms with Crippen molar-refractivity contribution < 1.29 is 0 Å². The molecule has 0 N–H and O–H groups in total. The van der Waals surface area contributed by atoms with Gasteiger partial charge >= 0.3 is 0 Å². The van der Waals surface area contributed by atoms with Gasteiger partial charge in [-0.3, -0.25) is 0 Å². The fourth-order valence-electron chi connectivity index (χ4n) is 0.420. The minimum atomic E-state index is 0.468. The Bertz CT molecular complexity index is 128. The average molecular weight is 144 g/mol. The summed E-state index contributed by atoms with van der Waals surface area (Å²) in [6.45, 7) is 4.35. The van der Waals surface area contributed by atoms with Crippen LogP contribution in [0.15, 0.2) is 12.2 Å². The largest absolute Gasteiger partial charge is 0.189 e. The zero-order chi connectivity index (χ0) is 7.28. The highest BCUT2D eigenvalue weighted by Gasteiger charge is 1.80. The Balaban J connectivity index is 3.91. The van der Waals surface area contributed by atoms with E-state index in [1.807, 2.05) is 0 Å². The van der Waals surface area contributed by atoms with Gasteiger partial charge in [0.15, 0.2) is 0 Å². The van der Waals surface area contributed by atoms with Gasteiger partial charge in [0.05, 0.1) is 0 Å². The maximum absolute atomic E-state index is 2.25. The lowest BCUT2D eigenvalue weighted by Crippen LogP contribution is -1.82. The molecule has 0 rings (SSSR count). The van der Waals surface area contributed by atoms with Crippen LogP contribution in [0.5, 0.6) is 0 Å². The van der Waals surface area contributed by atoms with Gasteiger partial charge in [0, 0.05) is 0 Å². The molecule has 0 bridgehead atoms. The van der Waals surface area contributed by atoms with Gasteiger partial charge in [-0.25, -0.2) is 0 Å². The number of hydrogen-bond donors (Lipinski definition) is 0. The molecule has 0 aliphatic carbocycles. The van der Waals surface area contributed by atoms with Crippen molar-refractivity contribution in [1.29, 1.82) is 0 Å². The summed E-state index contributed by atoms with van der Waals surface area (Å²) in [7, 11) is 0.468. The molecule has 0 amide bonds. The molecule has 0 atom stereocenters. The first kappa shape index (κ1) is 8.96. The second-order valence-electron chi connectivity index (χ2n) is 2.24. The maximum atomic E-state index is 2.25. The molecule has 0 aliphatic rings. The van der Waals surface area contributed by atoms with Gasteiger partial charge in [-0.05, 0) is 30.7 Å². The van der Waals surface area contributed by atoms with E-state index in [1.165, 1.54) is 4.86 Å². The van der Waals surface area contributed by atoms with E-state index < -0.39 is 0 Å². The molecule has 0 saturated heterocycles. The van der Waals surface area contributed by atoms with Crippen LogP contribution in [0.25, 0.3) is 0 Å². The van der Waals surface area contributed by atoms with Crippen LogP contribution in [0, 0.1) is 0 Å². The van der Waals surface area contributed by atoms with Crippen LogP contribution in [0.3, 0.4) is 0 Å². The van der Waals surface area contributed by atoms with Gasteiger partial charge in [-0.15, -0.1) is 0 Å². The van der Waals surface area contributed by atoms with Gasteiger partial charge in [-0.1, -0.05) is 19.1 Å². The van der Waals surface area contributed by atoms with Crippen molar-refractivity contribution in [3.05, 3.63) is 12.2 Å². The first-order valence-corrected chi connectivity index (χ1v) is 5.30. The maximum Gasteiger partial charge on any atom is -0.0234 e. The monoisotopic (exact) mass is 144 g/mol. The van der Waals surface area contributed by atoms with Crippen LogP contribution >= 0.6 is 10.5 Å². The Morgan fingerprint density at radius 1 is 1.44 bits per heavy atom. The molecule has 0 heterocycles. The molecule has 1 heteroatoms. The van der Waals surface area contributed by atoms with Gasteiger partial charge in [0.1, 0.15) is 0 Å². The van der Waals surface area contributed by atoms with Crippen LogP contribution in [0.4, 0.5) is 0 Å². The Hall–Kier alpha value is -0.0400. The van der Waals surface area contributed by atoms with E-state index in [1.54, 1.807) is 0 Å². The smallest absolute Gasteiger partial charge is 0.0234 e. The Labute approximate surface area is 60.9 Å². The predicted octanol–water partition coefficient (Wildman–Crippen LogP) is 2.67. The molecule has 0 spiro atoms. The highest BCUT2D eigenvalue weighted by atomic mass is 32.2. The molecule has 0 aromatic heterocycles. The summed E-state index contributed by atoms with van der Waals surface area (Å²) in [5.41, 5.74) is 0. The Kier molecular flexibility index (Phi) is 4.78. The van der Waals surface area contributed by atoms with Crippen molar-refractivity contribution in [1.82, 2.24) is 0 Å². The molecule has 0 aromatic carbocycles. The molecule has 0 aliphatic heterocycles. The van der Waals surface area contributed by atoms with Crippen molar-refractivity contribution in [2.24, 2.45) is 0 Å². The van der Waals surface area contributed by atoms with Crippen LogP contribution in [-0.2, 0) is 0 Å². The topological polar surface area (TPSA) is 0 Å². The van der Waals surface area contributed by atoms with Crippen LogP contribution < -0.4 is 0 Å². The molecular weight excluding hydrogens is 128 g/mol. The van der Waals surface area contributed by atoms with E-state index in [0.29, 0.717) is 10.5 Å². The van der Waals surface area contributed by atoms with Crippen LogP contribution in [0.1, 0.15) is 20.3 Å². The minimum Gasteiger partial charge on any atom is -0.189 e. The molecular formula is C8H16S. The minimum absolute atomic E-state index is 0.468. The molecule has 54 valence electrons. The van der Waals surface area contributed by atoms with Crippen LogP contribution in [-0.4, -0.2) is 17.4 Å². The van der Waals surface area contributed by atoms with Crippen LogP contribution in [0.2, 0.25) is 0 Å². The lowest BCUT2D eigenvalue weighted by atomic mass is 10.4. The van der Waals surface area contributed by atoms with E-state index >= 15 is 0 Å². The predicted molar refractivity (Wildman–Crippen MR) is 49.6 cm³/mol. The lowest BCUT2D eigenvalue weighted by molar-refractivity contribution is 1.23. The lowest BCUT2D eigenvalue weighted by Gasteiger charge is -1.94. The molecule has 0 saturated carbocycles. The third kappa shape index (κ3) is 4.46. The van der Waals surface area contributed by atoms with Crippen molar-refractivity contribution in [3.63, 3.8) is 0 Å².